The fourth-order valence-corrected chi connectivity index (χ4v) is 3.86. The molecule has 2 aliphatic heterocycles. The van der Waals surface area contributed by atoms with Crippen molar-refractivity contribution in [2.75, 3.05) is 10.2 Å². The van der Waals surface area contributed by atoms with Gasteiger partial charge in [-0.2, -0.15) is 0 Å². The minimum atomic E-state index is -0.653. The van der Waals surface area contributed by atoms with E-state index in [1.807, 2.05) is 54.6 Å². The molecule has 0 aromatic heterocycles. The third-order valence-electron chi connectivity index (χ3n) is 4.38. The second kappa shape index (κ2) is 4.50. The molecule has 106 valence electrons. The molecule has 0 bridgehead atoms. The Bertz CT molecular complexity index is 703. The van der Waals surface area contributed by atoms with Crippen molar-refractivity contribution >= 4 is 28.9 Å². The largest absolute Gasteiger partial charge is 0.335 e. The molecule has 1 fully saturated rings. The Morgan fingerprint density at radius 3 is 2.62 bits per heavy atom. The third-order valence-corrected chi connectivity index (χ3v) is 4.97. The highest BCUT2D eigenvalue weighted by atomic mass is 35.5. The molecule has 0 aliphatic carbocycles. The van der Waals surface area contributed by atoms with Gasteiger partial charge in [-0.25, -0.2) is 0 Å². The van der Waals surface area contributed by atoms with Crippen LogP contribution in [0.4, 0.5) is 11.4 Å². The number of fused-ring (bicyclic) bond motifs is 3. The number of para-hydroxylation sites is 2. The summed E-state index contributed by atoms with van der Waals surface area (Å²) in [5, 5.41) is 2.98. The van der Waals surface area contributed by atoms with Crippen LogP contribution in [-0.2, 0) is 9.79 Å². The van der Waals surface area contributed by atoms with Crippen molar-refractivity contribution in [1.29, 1.82) is 0 Å². The Kier molecular flexibility index (Phi) is 2.73. The smallest absolute Gasteiger partial charge is 0.247 e. The van der Waals surface area contributed by atoms with E-state index in [-0.39, 0.29) is 11.9 Å². The maximum atomic E-state index is 12.3. The highest BCUT2D eigenvalue weighted by Crippen LogP contribution is 2.51. The standard InChI is InChI=1S/C17H15ClN2O/c18-17(12-6-2-1-3-7-12)11-10-15-16(21)19-13-8-4-5-9-14(13)20(15)17/h1-9,15H,10-11H2,(H,19,21). The fourth-order valence-electron chi connectivity index (χ4n) is 3.41. The summed E-state index contributed by atoms with van der Waals surface area (Å²) >= 11 is 7.01. The monoisotopic (exact) mass is 298 g/mol. The summed E-state index contributed by atoms with van der Waals surface area (Å²) < 4.78 is 0. The number of anilines is 2. The molecule has 21 heavy (non-hydrogen) atoms. The van der Waals surface area contributed by atoms with Crippen LogP contribution in [0, 0.1) is 0 Å². The number of carbonyl (C=O) groups is 1. The van der Waals surface area contributed by atoms with Crippen molar-refractivity contribution in [1.82, 2.24) is 0 Å². The van der Waals surface area contributed by atoms with Gasteiger partial charge in [-0.05, 0) is 30.5 Å². The first kappa shape index (κ1) is 12.7. The van der Waals surface area contributed by atoms with Crippen LogP contribution in [0.2, 0.25) is 0 Å². The Labute approximate surface area is 128 Å². The van der Waals surface area contributed by atoms with Crippen LogP contribution < -0.4 is 10.2 Å². The van der Waals surface area contributed by atoms with Crippen LogP contribution in [0.5, 0.6) is 0 Å². The molecule has 2 unspecified atom stereocenters. The van der Waals surface area contributed by atoms with Gasteiger partial charge in [-0.15, -0.1) is 0 Å². The average molecular weight is 299 g/mol. The molecule has 2 aliphatic rings. The lowest BCUT2D eigenvalue weighted by molar-refractivity contribution is -0.117. The number of carbonyl (C=O) groups excluding carboxylic acids is 1. The van der Waals surface area contributed by atoms with Crippen LogP contribution >= 0.6 is 11.6 Å². The van der Waals surface area contributed by atoms with Crippen molar-refractivity contribution in [3.8, 4) is 0 Å². The first-order chi connectivity index (χ1) is 10.2. The number of hydrogen-bond donors (Lipinski definition) is 1. The van der Waals surface area contributed by atoms with Gasteiger partial charge in [-0.1, -0.05) is 54.1 Å². The van der Waals surface area contributed by atoms with E-state index < -0.39 is 5.00 Å². The molecule has 2 aromatic carbocycles. The number of halogens is 1. The normalized spacial score (nSPS) is 27.0. The molecule has 4 rings (SSSR count). The van der Waals surface area contributed by atoms with E-state index >= 15 is 0 Å². The van der Waals surface area contributed by atoms with Gasteiger partial charge in [0.2, 0.25) is 5.91 Å². The number of nitrogens with zero attached hydrogens (tertiary/aromatic N) is 1. The molecule has 1 N–H and O–H groups in total. The van der Waals surface area contributed by atoms with Gasteiger partial charge in [-0.3, -0.25) is 4.79 Å². The number of hydrogen-bond acceptors (Lipinski definition) is 2. The Morgan fingerprint density at radius 2 is 1.81 bits per heavy atom. The summed E-state index contributed by atoms with van der Waals surface area (Å²) in [7, 11) is 0. The minimum Gasteiger partial charge on any atom is -0.335 e. The number of nitrogens with one attached hydrogen (secondary N) is 1. The first-order valence-corrected chi connectivity index (χ1v) is 7.51. The van der Waals surface area contributed by atoms with Crippen LogP contribution in [0.25, 0.3) is 0 Å². The maximum Gasteiger partial charge on any atom is 0.247 e. The molecule has 0 saturated carbocycles. The predicted molar refractivity (Wildman–Crippen MR) is 84.5 cm³/mol. The van der Waals surface area contributed by atoms with Gasteiger partial charge in [0, 0.05) is 0 Å². The molecular weight excluding hydrogens is 284 g/mol. The fraction of sp³-hybridized carbons (Fsp3) is 0.235. The number of rotatable bonds is 1. The molecule has 4 heteroatoms. The maximum absolute atomic E-state index is 12.3. The first-order valence-electron chi connectivity index (χ1n) is 7.14. The summed E-state index contributed by atoms with van der Waals surface area (Å²) in [5.41, 5.74) is 2.87. The van der Waals surface area contributed by atoms with E-state index in [9.17, 15) is 4.79 Å². The molecule has 0 spiro atoms. The summed E-state index contributed by atoms with van der Waals surface area (Å²) in [6.07, 6.45) is 1.52. The number of benzene rings is 2. The summed E-state index contributed by atoms with van der Waals surface area (Å²) in [6, 6.07) is 17.7. The van der Waals surface area contributed by atoms with E-state index in [0.29, 0.717) is 0 Å². The van der Waals surface area contributed by atoms with Crippen molar-refractivity contribution in [2.24, 2.45) is 0 Å². The van der Waals surface area contributed by atoms with Gasteiger partial charge < -0.3 is 10.2 Å². The average Bonchev–Trinajstić information content (AvgIpc) is 2.89. The van der Waals surface area contributed by atoms with Crippen LogP contribution in [-0.4, -0.2) is 11.9 Å². The van der Waals surface area contributed by atoms with Gasteiger partial charge in [0.25, 0.3) is 0 Å². The molecule has 1 amide bonds. The molecule has 2 aromatic rings. The highest BCUT2D eigenvalue weighted by molar-refractivity contribution is 6.27. The lowest BCUT2D eigenvalue weighted by Crippen LogP contribution is -2.50. The van der Waals surface area contributed by atoms with Crippen molar-refractivity contribution in [3.05, 3.63) is 60.2 Å². The summed E-state index contributed by atoms with van der Waals surface area (Å²) in [5.74, 6) is 0.0344. The SMILES string of the molecule is O=C1Nc2ccccc2N2C1CCC2(Cl)c1ccccc1. The van der Waals surface area contributed by atoms with Crippen molar-refractivity contribution in [3.63, 3.8) is 0 Å². The Hall–Kier alpha value is -2.00. The molecule has 2 heterocycles. The summed E-state index contributed by atoms with van der Waals surface area (Å²) in [6.45, 7) is 0. The van der Waals surface area contributed by atoms with E-state index in [2.05, 4.69) is 10.2 Å². The topological polar surface area (TPSA) is 32.3 Å². The van der Waals surface area contributed by atoms with Gasteiger partial charge in [0.15, 0.2) is 0 Å². The molecule has 3 nitrogen and oxygen atoms in total. The number of alkyl halides is 1. The summed E-state index contributed by atoms with van der Waals surface area (Å²) in [4.78, 5) is 13.8. The van der Waals surface area contributed by atoms with Crippen LogP contribution in [0.15, 0.2) is 54.6 Å². The third kappa shape index (κ3) is 1.77. The highest BCUT2D eigenvalue weighted by Gasteiger charge is 2.51. The zero-order valence-electron chi connectivity index (χ0n) is 11.4. The van der Waals surface area contributed by atoms with E-state index in [1.165, 1.54) is 0 Å². The van der Waals surface area contributed by atoms with E-state index in [1.54, 1.807) is 0 Å². The van der Waals surface area contributed by atoms with Crippen LogP contribution in [0.1, 0.15) is 18.4 Å². The molecule has 2 atom stereocenters. The number of amides is 1. The van der Waals surface area contributed by atoms with Crippen molar-refractivity contribution in [2.45, 2.75) is 23.9 Å². The quantitative estimate of drug-likeness (QED) is 0.643. The van der Waals surface area contributed by atoms with Gasteiger partial charge in [0.1, 0.15) is 11.0 Å². The van der Waals surface area contributed by atoms with Crippen molar-refractivity contribution < 1.29 is 4.79 Å². The zero-order chi connectivity index (χ0) is 14.4. The Morgan fingerprint density at radius 1 is 1.10 bits per heavy atom. The Balaban J connectivity index is 1.89. The van der Waals surface area contributed by atoms with Gasteiger partial charge >= 0.3 is 0 Å². The lowest BCUT2D eigenvalue weighted by atomic mass is 10.0. The molecule has 0 radical (unpaired) electrons. The minimum absolute atomic E-state index is 0.0344. The lowest BCUT2D eigenvalue weighted by Gasteiger charge is -2.41. The predicted octanol–water partition coefficient (Wildman–Crippen LogP) is 3.70. The van der Waals surface area contributed by atoms with E-state index in [0.717, 1.165) is 29.8 Å². The van der Waals surface area contributed by atoms with E-state index in [4.69, 9.17) is 11.6 Å². The zero-order valence-corrected chi connectivity index (χ0v) is 12.2. The second-order valence-corrected chi connectivity index (χ2v) is 6.18. The van der Waals surface area contributed by atoms with Crippen LogP contribution in [0.3, 0.4) is 0 Å². The second-order valence-electron chi connectivity index (χ2n) is 5.56. The molecular formula is C17H15ClN2O. The molecule has 1 saturated heterocycles. The van der Waals surface area contributed by atoms with Gasteiger partial charge in [0.05, 0.1) is 11.4 Å².